The average Bonchev–Trinajstić information content (AvgIpc) is 2.54. The molecule has 0 aliphatic rings. The van der Waals surface area contributed by atoms with E-state index in [0.717, 1.165) is 21.7 Å². The Hall–Kier alpha value is -2.20. The number of aromatic nitrogens is 1. The SMILES string of the molecule is CC(C)Oc1ccc(SNc2cccc3cnccc23)cc1. The lowest BCUT2D eigenvalue weighted by Gasteiger charge is -2.11. The van der Waals surface area contributed by atoms with Crippen LogP contribution in [0.15, 0.2) is 65.8 Å². The molecule has 3 nitrogen and oxygen atoms in total. The Labute approximate surface area is 134 Å². The highest BCUT2D eigenvalue weighted by molar-refractivity contribution is 8.00. The van der Waals surface area contributed by atoms with E-state index in [1.54, 1.807) is 11.9 Å². The molecule has 2 aromatic carbocycles. The van der Waals surface area contributed by atoms with Gasteiger partial charge in [-0.15, -0.1) is 0 Å². The summed E-state index contributed by atoms with van der Waals surface area (Å²) in [5.74, 6) is 0.899. The van der Waals surface area contributed by atoms with Gasteiger partial charge in [0.2, 0.25) is 0 Å². The van der Waals surface area contributed by atoms with Crippen molar-refractivity contribution in [3.05, 3.63) is 60.9 Å². The molecular formula is C18H18N2OS. The smallest absolute Gasteiger partial charge is 0.119 e. The van der Waals surface area contributed by atoms with E-state index in [2.05, 4.69) is 34.0 Å². The van der Waals surface area contributed by atoms with Gasteiger partial charge in [0.25, 0.3) is 0 Å². The average molecular weight is 310 g/mol. The number of pyridine rings is 1. The molecule has 1 heterocycles. The molecule has 0 unspecified atom stereocenters. The predicted octanol–water partition coefficient (Wildman–Crippen LogP) is 5.14. The number of fused-ring (bicyclic) bond motifs is 1. The van der Waals surface area contributed by atoms with Crippen molar-refractivity contribution in [2.75, 3.05) is 4.72 Å². The van der Waals surface area contributed by atoms with Gasteiger partial charge in [0.1, 0.15) is 5.75 Å². The van der Waals surface area contributed by atoms with Gasteiger partial charge in [0.05, 0.1) is 11.8 Å². The van der Waals surface area contributed by atoms with Crippen LogP contribution < -0.4 is 9.46 Å². The van der Waals surface area contributed by atoms with Gasteiger partial charge in [-0.3, -0.25) is 4.98 Å². The first-order valence-corrected chi connectivity index (χ1v) is 8.06. The molecule has 0 aliphatic carbocycles. The highest BCUT2D eigenvalue weighted by Crippen LogP contribution is 2.28. The maximum Gasteiger partial charge on any atom is 0.119 e. The zero-order chi connectivity index (χ0) is 15.4. The Morgan fingerprint density at radius 2 is 1.86 bits per heavy atom. The summed E-state index contributed by atoms with van der Waals surface area (Å²) in [5.41, 5.74) is 1.09. The number of benzene rings is 2. The summed E-state index contributed by atoms with van der Waals surface area (Å²) in [5, 5.41) is 2.30. The molecule has 0 saturated carbocycles. The van der Waals surface area contributed by atoms with Gasteiger partial charge in [-0.1, -0.05) is 12.1 Å². The van der Waals surface area contributed by atoms with E-state index in [-0.39, 0.29) is 6.10 Å². The van der Waals surface area contributed by atoms with E-state index >= 15 is 0 Å². The minimum atomic E-state index is 0.195. The van der Waals surface area contributed by atoms with Gasteiger partial charge < -0.3 is 9.46 Å². The van der Waals surface area contributed by atoms with Gasteiger partial charge in [0.15, 0.2) is 0 Å². The summed E-state index contributed by atoms with van der Waals surface area (Å²) in [6.45, 7) is 4.05. The topological polar surface area (TPSA) is 34.1 Å². The van der Waals surface area contributed by atoms with E-state index in [4.69, 9.17) is 4.74 Å². The summed E-state index contributed by atoms with van der Waals surface area (Å²) in [7, 11) is 0. The lowest BCUT2D eigenvalue weighted by molar-refractivity contribution is 0.242. The third kappa shape index (κ3) is 3.52. The fourth-order valence-corrected chi connectivity index (χ4v) is 2.86. The van der Waals surface area contributed by atoms with Crippen LogP contribution in [0.2, 0.25) is 0 Å². The second-order valence-electron chi connectivity index (χ2n) is 5.24. The van der Waals surface area contributed by atoms with Crippen LogP contribution in [0.1, 0.15) is 13.8 Å². The Morgan fingerprint density at radius 1 is 1.05 bits per heavy atom. The number of hydrogen-bond donors (Lipinski definition) is 1. The largest absolute Gasteiger partial charge is 0.491 e. The first-order valence-electron chi connectivity index (χ1n) is 7.25. The molecule has 22 heavy (non-hydrogen) atoms. The monoisotopic (exact) mass is 310 g/mol. The number of nitrogens with zero attached hydrogens (tertiary/aromatic N) is 1. The normalized spacial score (nSPS) is 10.9. The van der Waals surface area contributed by atoms with Crippen molar-refractivity contribution in [1.29, 1.82) is 0 Å². The van der Waals surface area contributed by atoms with Crippen LogP contribution in [-0.2, 0) is 0 Å². The molecule has 112 valence electrons. The van der Waals surface area contributed by atoms with Crippen molar-refractivity contribution in [2.24, 2.45) is 0 Å². The Balaban J connectivity index is 1.71. The zero-order valence-corrected chi connectivity index (χ0v) is 13.4. The standard InChI is InChI=1S/C18H18N2OS/c1-13(2)21-15-6-8-16(9-7-15)22-20-18-5-3-4-14-12-19-11-10-17(14)18/h3-13,20H,1-2H3. The van der Waals surface area contributed by atoms with Crippen molar-refractivity contribution < 1.29 is 4.74 Å². The first kappa shape index (κ1) is 14.7. The molecule has 3 rings (SSSR count). The van der Waals surface area contributed by atoms with Crippen molar-refractivity contribution >= 4 is 28.4 Å². The van der Waals surface area contributed by atoms with Crippen LogP contribution in [0.3, 0.4) is 0 Å². The van der Waals surface area contributed by atoms with Gasteiger partial charge >= 0.3 is 0 Å². The molecule has 0 fully saturated rings. The molecule has 1 aromatic heterocycles. The van der Waals surface area contributed by atoms with Crippen LogP contribution in [0, 0.1) is 0 Å². The third-order valence-corrected chi connectivity index (χ3v) is 3.98. The summed E-state index contributed by atoms with van der Waals surface area (Å²) in [4.78, 5) is 5.30. The fourth-order valence-electron chi connectivity index (χ4n) is 2.18. The van der Waals surface area contributed by atoms with E-state index < -0.39 is 0 Å². The van der Waals surface area contributed by atoms with Crippen LogP contribution in [0.4, 0.5) is 5.69 Å². The molecule has 0 bridgehead atoms. The number of nitrogens with one attached hydrogen (secondary N) is 1. The van der Waals surface area contributed by atoms with Crippen LogP contribution >= 0.6 is 11.9 Å². The van der Waals surface area contributed by atoms with E-state index in [1.807, 2.05) is 50.5 Å². The molecule has 1 N–H and O–H groups in total. The second kappa shape index (κ2) is 6.71. The van der Waals surface area contributed by atoms with Crippen molar-refractivity contribution in [1.82, 2.24) is 4.98 Å². The van der Waals surface area contributed by atoms with E-state index in [0.29, 0.717) is 0 Å². The lowest BCUT2D eigenvalue weighted by atomic mass is 10.1. The lowest BCUT2D eigenvalue weighted by Crippen LogP contribution is -2.05. The van der Waals surface area contributed by atoms with Crippen molar-refractivity contribution in [3.63, 3.8) is 0 Å². The van der Waals surface area contributed by atoms with E-state index in [9.17, 15) is 0 Å². The molecule has 3 aromatic rings. The number of rotatable bonds is 5. The number of hydrogen-bond acceptors (Lipinski definition) is 4. The van der Waals surface area contributed by atoms with Crippen molar-refractivity contribution in [2.45, 2.75) is 24.8 Å². The van der Waals surface area contributed by atoms with Gasteiger partial charge in [-0.2, -0.15) is 0 Å². The Kier molecular flexibility index (Phi) is 4.49. The molecular weight excluding hydrogens is 292 g/mol. The van der Waals surface area contributed by atoms with Crippen LogP contribution in [-0.4, -0.2) is 11.1 Å². The number of ether oxygens (including phenoxy) is 1. The highest BCUT2D eigenvalue weighted by atomic mass is 32.2. The summed E-state index contributed by atoms with van der Waals surface area (Å²) >= 11 is 1.59. The second-order valence-corrected chi connectivity index (χ2v) is 6.12. The Morgan fingerprint density at radius 3 is 2.64 bits per heavy atom. The fraction of sp³-hybridized carbons (Fsp3) is 0.167. The predicted molar refractivity (Wildman–Crippen MR) is 93.4 cm³/mol. The molecule has 0 spiro atoms. The van der Waals surface area contributed by atoms with E-state index in [1.165, 1.54) is 5.39 Å². The van der Waals surface area contributed by atoms with Gasteiger partial charge in [-0.25, -0.2) is 0 Å². The summed E-state index contributed by atoms with van der Waals surface area (Å²) in [6.07, 6.45) is 3.89. The summed E-state index contributed by atoms with van der Waals surface area (Å²) in [6, 6.07) is 16.3. The Bertz CT molecular complexity index is 751. The van der Waals surface area contributed by atoms with Crippen LogP contribution in [0.25, 0.3) is 10.8 Å². The maximum absolute atomic E-state index is 5.65. The van der Waals surface area contributed by atoms with Gasteiger partial charge in [-0.05, 0) is 62.2 Å². The number of anilines is 1. The molecule has 0 saturated heterocycles. The highest BCUT2D eigenvalue weighted by Gasteiger charge is 2.02. The molecule has 0 aliphatic heterocycles. The minimum Gasteiger partial charge on any atom is -0.491 e. The first-order chi connectivity index (χ1) is 10.7. The van der Waals surface area contributed by atoms with Gasteiger partial charge in [0, 0.05) is 28.1 Å². The van der Waals surface area contributed by atoms with Crippen molar-refractivity contribution in [3.8, 4) is 5.75 Å². The molecule has 0 amide bonds. The molecule has 0 radical (unpaired) electrons. The zero-order valence-electron chi connectivity index (χ0n) is 12.6. The molecule has 0 atom stereocenters. The summed E-state index contributed by atoms with van der Waals surface area (Å²) < 4.78 is 9.07. The van der Waals surface area contributed by atoms with Crippen LogP contribution in [0.5, 0.6) is 5.75 Å². The maximum atomic E-state index is 5.65. The quantitative estimate of drug-likeness (QED) is 0.662. The minimum absolute atomic E-state index is 0.195. The molecule has 4 heteroatoms. The third-order valence-electron chi connectivity index (χ3n) is 3.16.